The maximum atomic E-state index is 11.6. The summed E-state index contributed by atoms with van der Waals surface area (Å²) in [6.45, 7) is 0.594. The van der Waals surface area contributed by atoms with Crippen LogP contribution >= 0.6 is 0 Å². The summed E-state index contributed by atoms with van der Waals surface area (Å²) < 4.78 is 0. The Balaban J connectivity index is 1.60. The van der Waals surface area contributed by atoms with Crippen molar-refractivity contribution in [1.29, 1.82) is 0 Å². The summed E-state index contributed by atoms with van der Waals surface area (Å²) in [5.41, 5.74) is 5.73. The third-order valence-electron chi connectivity index (χ3n) is 3.41. The van der Waals surface area contributed by atoms with Crippen LogP contribution in [0.15, 0.2) is 30.3 Å². The van der Waals surface area contributed by atoms with Crippen LogP contribution in [0.4, 0.5) is 0 Å². The molecule has 1 fully saturated rings. The van der Waals surface area contributed by atoms with E-state index in [0.717, 1.165) is 12.8 Å². The number of carbonyl (C=O) groups is 3. The number of hydrogen-bond donors (Lipinski definition) is 3. The smallest absolute Gasteiger partial charge is 0.251 e. The van der Waals surface area contributed by atoms with Crippen LogP contribution in [0.5, 0.6) is 0 Å². The fraction of sp³-hybridized carbons (Fsp3) is 0.400. The molecule has 1 aromatic carbocycles. The molecule has 1 heterocycles. The van der Waals surface area contributed by atoms with Gasteiger partial charge in [0.25, 0.3) is 11.8 Å². The van der Waals surface area contributed by atoms with Crippen molar-refractivity contribution >= 4 is 17.7 Å². The largest absolute Gasteiger partial charge is 0.356 e. The number of amides is 3. The van der Waals surface area contributed by atoms with Crippen molar-refractivity contribution in [3.05, 3.63) is 35.9 Å². The average molecular weight is 289 g/mol. The van der Waals surface area contributed by atoms with Gasteiger partial charge in [-0.25, -0.2) is 0 Å². The molecule has 0 radical (unpaired) electrons. The molecule has 2 rings (SSSR count). The summed E-state index contributed by atoms with van der Waals surface area (Å²) in [6.07, 6.45) is 2.19. The lowest BCUT2D eigenvalue weighted by Gasteiger charge is -2.06. The van der Waals surface area contributed by atoms with E-state index in [1.165, 1.54) is 5.56 Å². The van der Waals surface area contributed by atoms with E-state index in [-0.39, 0.29) is 30.6 Å². The van der Waals surface area contributed by atoms with Crippen molar-refractivity contribution < 1.29 is 14.4 Å². The number of hydrogen-bond acceptors (Lipinski definition) is 3. The Morgan fingerprint density at radius 1 is 1.10 bits per heavy atom. The fourth-order valence-corrected chi connectivity index (χ4v) is 2.21. The molecule has 1 aromatic rings. The zero-order chi connectivity index (χ0) is 15.1. The van der Waals surface area contributed by atoms with E-state index in [9.17, 15) is 14.4 Å². The monoisotopic (exact) mass is 289 g/mol. The zero-order valence-electron chi connectivity index (χ0n) is 11.7. The van der Waals surface area contributed by atoms with Gasteiger partial charge >= 0.3 is 0 Å². The summed E-state index contributed by atoms with van der Waals surface area (Å²) in [6, 6.07) is 10.1. The van der Waals surface area contributed by atoms with Crippen molar-refractivity contribution in [2.45, 2.75) is 25.7 Å². The van der Waals surface area contributed by atoms with Gasteiger partial charge in [-0.15, -0.1) is 0 Å². The highest BCUT2D eigenvalue weighted by Crippen LogP contribution is 2.10. The Morgan fingerprint density at radius 2 is 1.76 bits per heavy atom. The van der Waals surface area contributed by atoms with E-state index < -0.39 is 5.92 Å². The molecule has 0 unspecified atom stereocenters. The van der Waals surface area contributed by atoms with Crippen molar-refractivity contribution in [3.63, 3.8) is 0 Å². The van der Waals surface area contributed by atoms with Crippen molar-refractivity contribution in [3.8, 4) is 0 Å². The Morgan fingerprint density at radius 3 is 2.43 bits per heavy atom. The summed E-state index contributed by atoms with van der Waals surface area (Å²) in [4.78, 5) is 34.2. The molecular weight excluding hydrogens is 270 g/mol. The van der Waals surface area contributed by atoms with Crippen LogP contribution in [-0.2, 0) is 20.8 Å². The molecule has 3 amide bonds. The highest BCUT2D eigenvalue weighted by molar-refractivity contribution is 6.05. The quantitative estimate of drug-likeness (QED) is 0.498. The normalized spacial score (nSPS) is 14.7. The third kappa shape index (κ3) is 4.59. The number of hydrazine groups is 1. The first-order chi connectivity index (χ1) is 10.2. The minimum absolute atomic E-state index is 0.129. The van der Waals surface area contributed by atoms with Gasteiger partial charge in [-0.1, -0.05) is 30.3 Å². The number of carbonyl (C=O) groups excluding carboxylic acids is 3. The van der Waals surface area contributed by atoms with Gasteiger partial charge in [-0.3, -0.25) is 25.2 Å². The SMILES string of the molecule is O=C(CCC1C(=O)NNC1=O)NCCCc1ccccc1. The van der Waals surface area contributed by atoms with Gasteiger partial charge in [0.1, 0.15) is 5.92 Å². The lowest BCUT2D eigenvalue weighted by Crippen LogP contribution is -2.28. The van der Waals surface area contributed by atoms with Gasteiger partial charge < -0.3 is 5.32 Å². The van der Waals surface area contributed by atoms with Crippen molar-refractivity contribution in [1.82, 2.24) is 16.2 Å². The van der Waals surface area contributed by atoms with E-state index in [2.05, 4.69) is 28.3 Å². The summed E-state index contributed by atoms with van der Waals surface area (Å²) >= 11 is 0. The van der Waals surface area contributed by atoms with Crippen molar-refractivity contribution in [2.75, 3.05) is 6.54 Å². The molecule has 0 aliphatic carbocycles. The predicted octanol–water partition coefficient (Wildman–Crippen LogP) is 0.293. The molecule has 0 saturated carbocycles. The van der Waals surface area contributed by atoms with Crippen LogP contribution in [0.2, 0.25) is 0 Å². The Labute approximate surface area is 123 Å². The maximum absolute atomic E-state index is 11.6. The van der Waals surface area contributed by atoms with Gasteiger partial charge in [0.05, 0.1) is 0 Å². The summed E-state index contributed by atoms with van der Waals surface area (Å²) in [5.74, 6) is -1.61. The molecule has 1 aliphatic heterocycles. The number of nitrogens with one attached hydrogen (secondary N) is 3. The standard InChI is InChI=1S/C15H19N3O3/c19-13(9-8-12-14(20)17-18-15(12)21)16-10-4-7-11-5-2-1-3-6-11/h1-3,5-6,12H,4,7-10H2,(H,16,19)(H,17,20)(H,18,21). The van der Waals surface area contributed by atoms with Gasteiger partial charge in [0.2, 0.25) is 5.91 Å². The highest BCUT2D eigenvalue weighted by Gasteiger charge is 2.32. The van der Waals surface area contributed by atoms with Gasteiger partial charge in [-0.05, 0) is 24.8 Å². The molecule has 6 heteroatoms. The van der Waals surface area contributed by atoms with E-state index >= 15 is 0 Å². The van der Waals surface area contributed by atoms with Crippen LogP contribution in [0.25, 0.3) is 0 Å². The summed E-state index contributed by atoms with van der Waals surface area (Å²) in [5, 5.41) is 2.80. The van der Waals surface area contributed by atoms with Crippen LogP contribution in [0, 0.1) is 5.92 Å². The molecule has 6 nitrogen and oxygen atoms in total. The second-order valence-electron chi connectivity index (χ2n) is 5.01. The van der Waals surface area contributed by atoms with Gasteiger partial charge in [-0.2, -0.15) is 0 Å². The molecule has 112 valence electrons. The number of aryl methyl sites for hydroxylation is 1. The molecule has 0 atom stereocenters. The van der Waals surface area contributed by atoms with E-state index in [1.54, 1.807) is 0 Å². The molecule has 21 heavy (non-hydrogen) atoms. The Hall–Kier alpha value is -2.37. The van der Waals surface area contributed by atoms with Gasteiger partial charge in [0.15, 0.2) is 0 Å². The maximum Gasteiger partial charge on any atom is 0.251 e. The highest BCUT2D eigenvalue weighted by atomic mass is 16.2. The lowest BCUT2D eigenvalue weighted by atomic mass is 10.0. The Kier molecular flexibility index (Phi) is 5.31. The minimum Gasteiger partial charge on any atom is -0.356 e. The van der Waals surface area contributed by atoms with Crippen LogP contribution in [0.3, 0.4) is 0 Å². The molecular formula is C15H19N3O3. The average Bonchev–Trinajstić information content (AvgIpc) is 2.81. The minimum atomic E-state index is -0.750. The molecule has 1 saturated heterocycles. The number of rotatable bonds is 7. The predicted molar refractivity (Wildman–Crippen MR) is 76.8 cm³/mol. The van der Waals surface area contributed by atoms with E-state index in [1.807, 2.05) is 18.2 Å². The zero-order valence-corrected chi connectivity index (χ0v) is 11.7. The van der Waals surface area contributed by atoms with Crippen LogP contribution in [0.1, 0.15) is 24.8 Å². The first-order valence-corrected chi connectivity index (χ1v) is 7.07. The molecule has 1 aliphatic rings. The van der Waals surface area contributed by atoms with Crippen molar-refractivity contribution in [2.24, 2.45) is 5.92 Å². The van der Waals surface area contributed by atoms with E-state index in [4.69, 9.17) is 0 Å². The third-order valence-corrected chi connectivity index (χ3v) is 3.41. The molecule has 0 bridgehead atoms. The lowest BCUT2D eigenvalue weighted by molar-refractivity contribution is -0.128. The van der Waals surface area contributed by atoms with Crippen LogP contribution < -0.4 is 16.2 Å². The topological polar surface area (TPSA) is 87.3 Å². The molecule has 0 spiro atoms. The van der Waals surface area contributed by atoms with E-state index in [0.29, 0.717) is 6.54 Å². The molecule has 3 N–H and O–H groups in total. The second kappa shape index (κ2) is 7.42. The number of benzene rings is 1. The van der Waals surface area contributed by atoms with Crippen LogP contribution in [-0.4, -0.2) is 24.3 Å². The summed E-state index contributed by atoms with van der Waals surface area (Å²) in [7, 11) is 0. The second-order valence-corrected chi connectivity index (χ2v) is 5.01. The first-order valence-electron chi connectivity index (χ1n) is 7.07. The first kappa shape index (κ1) is 15.0. The van der Waals surface area contributed by atoms with Gasteiger partial charge in [0, 0.05) is 13.0 Å². The Bertz CT molecular complexity index is 500. The fourth-order valence-electron chi connectivity index (χ4n) is 2.21. The molecule has 0 aromatic heterocycles.